The summed E-state index contributed by atoms with van der Waals surface area (Å²) < 4.78 is 40.8. The quantitative estimate of drug-likeness (QED) is 0.338. The molecule has 0 saturated heterocycles. The number of carbonyl (C=O) groups excluding carboxylic acids is 1. The van der Waals surface area contributed by atoms with Crippen LogP contribution < -0.4 is 4.31 Å². The number of carbonyl (C=O) groups is 1. The predicted molar refractivity (Wildman–Crippen MR) is 120 cm³/mol. The van der Waals surface area contributed by atoms with Crippen LogP contribution in [0.1, 0.15) is 23.1 Å². The largest absolute Gasteiger partial charge is 0.305 e. The Morgan fingerprint density at radius 1 is 1.13 bits per heavy atom. The molecule has 2 aromatic carbocycles. The van der Waals surface area contributed by atoms with Crippen molar-refractivity contribution in [1.29, 1.82) is 0 Å². The van der Waals surface area contributed by atoms with Crippen LogP contribution in [0, 0.1) is 5.82 Å². The van der Waals surface area contributed by atoms with E-state index < -0.39 is 15.8 Å². The van der Waals surface area contributed by atoms with Gasteiger partial charge in [0.1, 0.15) is 5.82 Å². The van der Waals surface area contributed by atoms with Crippen molar-refractivity contribution in [2.45, 2.75) is 25.2 Å². The molecule has 0 amide bonds. The summed E-state index contributed by atoms with van der Waals surface area (Å²) in [6, 6.07) is 11.8. The minimum atomic E-state index is -3.65. The van der Waals surface area contributed by atoms with Crippen molar-refractivity contribution in [3.8, 4) is 0 Å². The predicted octanol–water partition coefficient (Wildman–Crippen LogP) is 4.03. The second kappa shape index (κ2) is 9.80. The molecular weight excluding hydrogens is 463 g/mol. The topological polar surface area (TPSA) is 85.2 Å². The Labute approximate surface area is 189 Å². The normalized spacial score (nSPS) is 11.5. The van der Waals surface area contributed by atoms with E-state index in [2.05, 4.69) is 10.2 Å². The molecule has 7 nitrogen and oxygen atoms in total. The first-order valence-electron chi connectivity index (χ1n) is 9.26. The molecule has 3 rings (SSSR count). The Hall–Kier alpha value is -2.43. The molecule has 0 bridgehead atoms. The van der Waals surface area contributed by atoms with Gasteiger partial charge in [-0.1, -0.05) is 23.4 Å². The Morgan fingerprint density at radius 3 is 2.35 bits per heavy atom. The van der Waals surface area contributed by atoms with E-state index in [4.69, 9.17) is 11.6 Å². The third kappa shape index (κ3) is 5.84. The second-order valence-corrected chi connectivity index (χ2v) is 9.89. The minimum absolute atomic E-state index is 0.0724. The van der Waals surface area contributed by atoms with Gasteiger partial charge < -0.3 is 4.57 Å². The van der Waals surface area contributed by atoms with Crippen LogP contribution >= 0.6 is 23.4 Å². The maximum atomic E-state index is 13.3. The van der Waals surface area contributed by atoms with Crippen molar-refractivity contribution >= 4 is 44.9 Å². The summed E-state index contributed by atoms with van der Waals surface area (Å²) in [6.45, 7) is 2.29. The highest BCUT2D eigenvalue weighted by molar-refractivity contribution is 7.99. The van der Waals surface area contributed by atoms with Crippen LogP contribution in [0.15, 0.2) is 53.7 Å². The molecule has 0 atom stereocenters. The Bertz CT molecular complexity index is 1170. The molecule has 0 aliphatic heterocycles. The first kappa shape index (κ1) is 23.2. The fraction of sp³-hybridized carbons (Fsp3) is 0.250. The van der Waals surface area contributed by atoms with Crippen molar-refractivity contribution in [2.24, 2.45) is 0 Å². The number of hydrogen-bond acceptors (Lipinski definition) is 6. The summed E-state index contributed by atoms with van der Waals surface area (Å²) in [7, 11) is -3.65. The number of anilines is 1. The number of thioether (sulfide) groups is 1. The average molecular weight is 483 g/mol. The molecule has 0 spiro atoms. The fourth-order valence-electron chi connectivity index (χ4n) is 2.85. The van der Waals surface area contributed by atoms with E-state index in [1.165, 1.54) is 36.0 Å². The van der Waals surface area contributed by atoms with Gasteiger partial charge in [0.05, 0.1) is 24.2 Å². The number of nitrogens with zero attached hydrogens (tertiary/aromatic N) is 4. The lowest BCUT2D eigenvalue weighted by atomic mass is 10.1. The first-order valence-corrected chi connectivity index (χ1v) is 12.5. The van der Waals surface area contributed by atoms with Crippen molar-refractivity contribution in [3.63, 3.8) is 0 Å². The summed E-state index contributed by atoms with van der Waals surface area (Å²) >= 11 is 7.07. The lowest BCUT2D eigenvalue weighted by molar-refractivity contribution is 0.102. The van der Waals surface area contributed by atoms with Gasteiger partial charge in [0.25, 0.3) is 0 Å². The zero-order valence-corrected chi connectivity index (χ0v) is 19.2. The highest BCUT2D eigenvalue weighted by Crippen LogP contribution is 2.24. The minimum Gasteiger partial charge on any atom is -0.305 e. The molecule has 0 saturated carbocycles. The highest BCUT2D eigenvalue weighted by Gasteiger charge is 2.22. The first-order chi connectivity index (χ1) is 14.7. The van der Waals surface area contributed by atoms with Crippen LogP contribution in [-0.2, 0) is 23.1 Å². The molecule has 1 heterocycles. The number of aromatic nitrogens is 3. The highest BCUT2D eigenvalue weighted by atomic mass is 35.5. The van der Waals surface area contributed by atoms with Gasteiger partial charge in [-0.3, -0.25) is 9.10 Å². The summed E-state index contributed by atoms with van der Waals surface area (Å²) in [6.07, 6.45) is 1.07. The van der Waals surface area contributed by atoms with Crippen molar-refractivity contribution in [2.75, 3.05) is 16.3 Å². The number of sulfonamides is 1. The zero-order valence-electron chi connectivity index (χ0n) is 16.8. The number of rotatable bonds is 9. The number of Topliss-reactive ketones (excluding diaryl/α,β-unsaturated/α-hetero) is 1. The molecule has 0 aliphatic carbocycles. The van der Waals surface area contributed by atoms with E-state index in [1.807, 2.05) is 6.92 Å². The van der Waals surface area contributed by atoms with Crippen LogP contribution in [-0.4, -0.2) is 41.0 Å². The van der Waals surface area contributed by atoms with Gasteiger partial charge >= 0.3 is 0 Å². The maximum Gasteiger partial charge on any atom is 0.232 e. The van der Waals surface area contributed by atoms with Crippen LogP contribution in [0.25, 0.3) is 0 Å². The van der Waals surface area contributed by atoms with Gasteiger partial charge in [-0.25, -0.2) is 12.8 Å². The number of halogens is 2. The van der Waals surface area contributed by atoms with Crippen LogP contribution in [0.4, 0.5) is 10.1 Å². The number of hydrogen-bond donors (Lipinski definition) is 0. The molecule has 0 fully saturated rings. The third-order valence-electron chi connectivity index (χ3n) is 4.41. The van der Waals surface area contributed by atoms with Gasteiger partial charge in [-0.15, -0.1) is 10.2 Å². The number of benzene rings is 2. The van der Waals surface area contributed by atoms with Crippen molar-refractivity contribution in [1.82, 2.24) is 14.8 Å². The molecule has 1 aromatic heterocycles. The lowest BCUT2D eigenvalue weighted by Crippen LogP contribution is -2.30. The van der Waals surface area contributed by atoms with Gasteiger partial charge in [0, 0.05) is 17.1 Å². The standard InChI is InChI=1S/C20H20ClFN4O3S2/c1-3-25-19(12-26(31(2,28)29)17-10-8-16(22)9-11-17)23-24-20(25)30-13-18(27)14-4-6-15(21)7-5-14/h4-11H,3,12-13H2,1-2H3. The second-order valence-electron chi connectivity index (χ2n) is 6.61. The molecule has 31 heavy (non-hydrogen) atoms. The maximum absolute atomic E-state index is 13.3. The third-order valence-corrected chi connectivity index (χ3v) is 6.77. The Morgan fingerprint density at radius 2 is 1.77 bits per heavy atom. The van der Waals surface area contributed by atoms with Crippen molar-refractivity contribution < 1.29 is 17.6 Å². The van der Waals surface area contributed by atoms with E-state index in [0.29, 0.717) is 33.8 Å². The fourth-order valence-corrected chi connectivity index (χ4v) is 4.74. The summed E-state index contributed by atoms with van der Waals surface area (Å²) in [5, 5.41) is 9.32. The SMILES string of the molecule is CCn1c(CN(c2ccc(F)cc2)S(C)(=O)=O)nnc1SCC(=O)c1ccc(Cl)cc1. The van der Waals surface area contributed by atoms with Gasteiger partial charge in [-0.2, -0.15) is 0 Å². The van der Waals surface area contributed by atoms with Crippen LogP contribution in [0.5, 0.6) is 0 Å². The van der Waals surface area contributed by atoms with Gasteiger partial charge in [0.2, 0.25) is 10.0 Å². The van der Waals surface area contributed by atoms with E-state index in [-0.39, 0.29) is 18.1 Å². The summed E-state index contributed by atoms with van der Waals surface area (Å²) in [5.41, 5.74) is 0.862. The summed E-state index contributed by atoms with van der Waals surface area (Å²) in [4.78, 5) is 12.4. The Balaban J connectivity index is 1.78. The zero-order chi connectivity index (χ0) is 22.6. The molecule has 0 aliphatic rings. The van der Waals surface area contributed by atoms with Gasteiger partial charge in [-0.05, 0) is 55.5 Å². The summed E-state index contributed by atoms with van der Waals surface area (Å²) in [5.74, 6) is 0.0164. The van der Waals surface area contributed by atoms with Crippen LogP contribution in [0.2, 0.25) is 5.02 Å². The lowest BCUT2D eigenvalue weighted by Gasteiger charge is -2.22. The molecule has 0 N–H and O–H groups in total. The molecule has 11 heteroatoms. The van der Waals surface area contributed by atoms with E-state index >= 15 is 0 Å². The molecular formula is C20H20ClFN4O3S2. The Kier molecular flexibility index (Phi) is 7.34. The van der Waals surface area contributed by atoms with Gasteiger partial charge in [0.15, 0.2) is 16.8 Å². The molecule has 0 unspecified atom stereocenters. The van der Waals surface area contributed by atoms with E-state index in [0.717, 1.165) is 10.6 Å². The monoisotopic (exact) mass is 482 g/mol. The average Bonchev–Trinajstić information content (AvgIpc) is 3.12. The molecule has 164 valence electrons. The van der Waals surface area contributed by atoms with E-state index in [9.17, 15) is 17.6 Å². The molecule has 3 aromatic rings. The molecule has 0 radical (unpaired) electrons. The van der Waals surface area contributed by atoms with Crippen molar-refractivity contribution in [3.05, 3.63) is 70.8 Å². The van der Waals surface area contributed by atoms with E-state index in [1.54, 1.807) is 28.8 Å². The van der Waals surface area contributed by atoms with Crippen LogP contribution in [0.3, 0.4) is 0 Å². The number of ketones is 1. The smallest absolute Gasteiger partial charge is 0.232 e.